The molecule has 0 bridgehead atoms. The Labute approximate surface area is 83.0 Å². The summed E-state index contributed by atoms with van der Waals surface area (Å²) in [5.74, 6) is 0. The molecule has 1 heterocycles. The van der Waals surface area contributed by atoms with Gasteiger partial charge in [-0.1, -0.05) is 6.07 Å². The number of aromatic nitrogens is 2. The van der Waals surface area contributed by atoms with Gasteiger partial charge in [0, 0.05) is 7.05 Å². The van der Waals surface area contributed by atoms with Crippen molar-refractivity contribution in [3.63, 3.8) is 0 Å². The van der Waals surface area contributed by atoms with Gasteiger partial charge in [-0.15, -0.1) is 0 Å². The first-order valence-electron chi connectivity index (χ1n) is 4.62. The smallest absolute Gasteiger partial charge is 0.0955 e. The van der Waals surface area contributed by atoms with Crippen LogP contribution in [0.5, 0.6) is 0 Å². The summed E-state index contributed by atoms with van der Waals surface area (Å²) in [6.45, 7) is 3.56. The van der Waals surface area contributed by atoms with E-state index >= 15 is 0 Å². The lowest BCUT2D eigenvalue weighted by Gasteiger charge is -2.17. The fraction of sp³-hybridized carbons (Fsp3) is 0.364. The zero-order valence-corrected chi connectivity index (χ0v) is 8.65. The van der Waals surface area contributed by atoms with Crippen LogP contribution < -0.4 is 0 Å². The topological polar surface area (TPSA) is 38.0 Å². The maximum Gasteiger partial charge on any atom is 0.0955 e. The Morgan fingerprint density at radius 3 is 2.71 bits per heavy atom. The Kier molecular flexibility index (Phi) is 1.86. The Hall–Kier alpha value is -1.35. The van der Waals surface area contributed by atoms with Gasteiger partial charge in [0.1, 0.15) is 0 Å². The lowest BCUT2D eigenvalue weighted by molar-refractivity contribution is 0.0787. The average molecular weight is 190 g/mol. The van der Waals surface area contributed by atoms with E-state index in [4.69, 9.17) is 0 Å². The Bertz CT molecular complexity index is 466. The zero-order chi connectivity index (χ0) is 10.3. The van der Waals surface area contributed by atoms with E-state index < -0.39 is 5.60 Å². The summed E-state index contributed by atoms with van der Waals surface area (Å²) in [5, 5.41) is 9.85. The van der Waals surface area contributed by atoms with Crippen LogP contribution in [-0.4, -0.2) is 14.7 Å². The summed E-state index contributed by atoms with van der Waals surface area (Å²) in [7, 11) is 1.95. The minimum absolute atomic E-state index is 0.793. The maximum atomic E-state index is 9.85. The van der Waals surface area contributed by atoms with Crippen molar-refractivity contribution in [3.05, 3.63) is 30.1 Å². The molecule has 0 atom stereocenters. The minimum atomic E-state index is -0.793. The van der Waals surface area contributed by atoms with E-state index in [1.54, 1.807) is 20.2 Å². The largest absolute Gasteiger partial charge is 0.386 e. The number of hydrogen-bond donors (Lipinski definition) is 1. The van der Waals surface area contributed by atoms with Crippen molar-refractivity contribution < 1.29 is 5.11 Å². The van der Waals surface area contributed by atoms with Crippen molar-refractivity contribution in [3.8, 4) is 0 Å². The number of nitrogens with zero attached hydrogens (tertiary/aromatic N) is 2. The second-order valence-corrected chi connectivity index (χ2v) is 4.12. The third-order valence-electron chi connectivity index (χ3n) is 2.43. The highest BCUT2D eigenvalue weighted by molar-refractivity contribution is 5.76. The predicted molar refractivity (Wildman–Crippen MR) is 56.0 cm³/mol. The third-order valence-corrected chi connectivity index (χ3v) is 2.43. The number of aryl methyl sites for hydroxylation is 1. The molecule has 0 amide bonds. The van der Waals surface area contributed by atoms with E-state index in [9.17, 15) is 5.11 Å². The molecule has 0 spiro atoms. The molecule has 2 aromatic rings. The van der Waals surface area contributed by atoms with Gasteiger partial charge >= 0.3 is 0 Å². The van der Waals surface area contributed by atoms with Gasteiger partial charge in [0.05, 0.1) is 23.0 Å². The van der Waals surface area contributed by atoms with Gasteiger partial charge in [0.2, 0.25) is 0 Å². The fourth-order valence-electron chi connectivity index (χ4n) is 1.51. The van der Waals surface area contributed by atoms with Crippen LogP contribution in [0.3, 0.4) is 0 Å². The molecular weight excluding hydrogens is 176 g/mol. The fourth-order valence-corrected chi connectivity index (χ4v) is 1.51. The van der Waals surface area contributed by atoms with E-state index in [-0.39, 0.29) is 0 Å². The highest BCUT2D eigenvalue weighted by Crippen LogP contribution is 2.23. The van der Waals surface area contributed by atoms with Gasteiger partial charge in [-0.3, -0.25) is 0 Å². The van der Waals surface area contributed by atoms with E-state index in [0.717, 1.165) is 16.6 Å². The van der Waals surface area contributed by atoms with Crippen molar-refractivity contribution in [1.29, 1.82) is 0 Å². The van der Waals surface area contributed by atoms with Gasteiger partial charge < -0.3 is 9.67 Å². The van der Waals surface area contributed by atoms with Crippen LogP contribution in [0.4, 0.5) is 0 Å². The first kappa shape index (κ1) is 9.21. The molecule has 1 aromatic carbocycles. The van der Waals surface area contributed by atoms with Crippen molar-refractivity contribution in [2.75, 3.05) is 0 Å². The van der Waals surface area contributed by atoms with E-state index in [2.05, 4.69) is 4.98 Å². The molecule has 0 radical (unpaired) electrons. The van der Waals surface area contributed by atoms with Gasteiger partial charge in [-0.05, 0) is 31.5 Å². The van der Waals surface area contributed by atoms with Gasteiger partial charge in [0.15, 0.2) is 0 Å². The molecule has 0 aliphatic heterocycles. The molecule has 0 saturated heterocycles. The first-order valence-corrected chi connectivity index (χ1v) is 4.62. The molecule has 74 valence electrons. The average Bonchev–Trinajstić information content (AvgIpc) is 2.46. The maximum absolute atomic E-state index is 9.85. The molecule has 1 N–H and O–H groups in total. The van der Waals surface area contributed by atoms with Gasteiger partial charge in [0.25, 0.3) is 0 Å². The summed E-state index contributed by atoms with van der Waals surface area (Å²) < 4.78 is 1.95. The van der Waals surface area contributed by atoms with Crippen molar-refractivity contribution in [2.45, 2.75) is 19.4 Å². The van der Waals surface area contributed by atoms with Crippen LogP contribution in [0.25, 0.3) is 11.0 Å². The highest BCUT2D eigenvalue weighted by Gasteiger charge is 2.16. The van der Waals surface area contributed by atoms with Crippen molar-refractivity contribution in [2.24, 2.45) is 7.05 Å². The quantitative estimate of drug-likeness (QED) is 0.744. The molecule has 0 unspecified atom stereocenters. The van der Waals surface area contributed by atoms with Crippen LogP contribution in [0, 0.1) is 0 Å². The van der Waals surface area contributed by atoms with E-state index in [0.29, 0.717) is 0 Å². The summed E-state index contributed by atoms with van der Waals surface area (Å²) in [4.78, 5) is 4.22. The Morgan fingerprint density at radius 1 is 1.36 bits per heavy atom. The number of benzene rings is 1. The molecule has 0 fully saturated rings. The van der Waals surface area contributed by atoms with Crippen LogP contribution in [-0.2, 0) is 12.6 Å². The van der Waals surface area contributed by atoms with Crippen molar-refractivity contribution >= 4 is 11.0 Å². The van der Waals surface area contributed by atoms with E-state index in [1.807, 2.05) is 29.8 Å². The lowest BCUT2D eigenvalue weighted by Crippen LogP contribution is -2.15. The molecule has 0 saturated carbocycles. The Balaban J connectivity index is 2.66. The molecule has 14 heavy (non-hydrogen) atoms. The minimum Gasteiger partial charge on any atom is -0.386 e. The Morgan fingerprint density at radius 2 is 2.07 bits per heavy atom. The third kappa shape index (κ3) is 1.40. The summed E-state index contributed by atoms with van der Waals surface area (Å²) in [6.07, 6.45) is 1.78. The van der Waals surface area contributed by atoms with Crippen LogP contribution in [0.15, 0.2) is 24.5 Å². The van der Waals surface area contributed by atoms with Gasteiger partial charge in [-0.2, -0.15) is 0 Å². The van der Waals surface area contributed by atoms with Crippen molar-refractivity contribution in [1.82, 2.24) is 9.55 Å². The second-order valence-electron chi connectivity index (χ2n) is 4.12. The van der Waals surface area contributed by atoms with Crippen LogP contribution >= 0.6 is 0 Å². The monoisotopic (exact) mass is 190 g/mol. The number of imidazole rings is 1. The summed E-state index contributed by atoms with van der Waals surface area (Å²) in [6, 6.07) is 5.82. The molecule has 3 nitrogen and oxygen atoms in total. The molecule has 1 aromatic heterocycles. The molecule has 0 aliphatic rings. The number of hydrogen-bond acceptors (Lipinski definition) is 2. The molecule has 0 aliphatic carbocycles. The zero-order valence-electron chi connectivity index (χ0n) is 8.65. The molecule has 2 rings (SSSR count). The highest BCUT2D eigenvalue weighted by atomic mass is 16.3. The summed E-state index contributed by atoms with van der Waals surface area (Å²) in [5.41, 5.74) is 2.12. The SMILES string of the molecule is Cn1cnc2ccc(C(C)(C)O)cc21. The molecular formula is C11H14N2O. The number of rotatable bonds is 1. The predicted octanol–water partition coefficient (Wildman–Crippen LogP) is 1.80. The van der Waals surface area contributed by atoms with E-state index in [1.165, 1.54) is 0 Å². The number of fused-ring (bicyclic) bond motifs is 1. The molecule has 3 heteroatoms. The second kappa shape index (κ2) is 2.82. The normalized spacial score (nSPS) is 12.3. The van der Waals surface area contributed by atoms with Gasteiger partial charge in [-0.25, -0.2) is 4.98 Å². The van der Waals surface area contributed by atoms with Crippen LogP contribution in [0.2, 0.25) is 0 Å². The lowest BCUT2D eigenvalue weighted by atomic mass is 9.98. The number of aliphatic hydroxyl groups is 1. The standard InChI is InChI=1S/C11H14N2O/c1-11(2,14)8-4-5-9-10(6-8)13(3)7-12-9/h4-7,14H,1-3H3. The van der Waals surface area contributed by atoms with Crippen LogP contribution in [0.1, 0.15) is 19.4 Å². The first-order chi connectivity index (χ1) is 6.48. The summed E-state index contributed by atoms with van der Waals surface area (Å²) >= 11 is 0.